The standard InChI is InChI=1S/C16H22N2O3/c1-10-5-3-8-14(11(10)2)18-16(21)17-9-12-6-4-7-13(12)15(19)20/h3,5,8,12-13H,4,6-7,9H2,1-2H3,(H,19,20)(H2,17,18,21). The van der Waals surface area contributed by atoms with Crippen LogP contribution in [0.4, 0.5) is 10.5 Å². The number of hydrogen-bond donors (Lipinski definition) is 3. The fourth-order valence-electron chi connectivity index (χ4n) is 2.88. The lowest BCUT2D eigenvalue weighted by Crippen LogP contribution is -2.35. The molecule has 1 fully saturated rings. The van der Waals surface area contributed by atoms with Crippen molar-refractivity contribution in [2.45, 2.75) is 33.1 Å². The van der Waals surface area contributed by atoms with E-state index in [4.69, 9.17) is 5.11 Å². The van der Waals surface area contributed by atoms with Crippen LogP contribution in [0.3, 0.4) is 0 Å². The Morgan fingerprint density at radius 2 is 2.05 bits per heavy atom. The second kappa shape index (κ2) is 6.61. The zero-order valence-electron chi connectivity index (χ0n) is 12.5. The molecule has 0 aromatic heterocycles. The molecular weight excluding hydrogens is 268 g/mol. The molecule has 1 aromatic carbocycles. The molecule has 3 N–H and O–H groups in total. The van der Waals surface area contributed by atoms with Crippen molar-refractivity contribution >= 4 is 17.7 Å². The van der Waals surface area contributed by atoms with E-state index in [-0.39, 0.29) is 17.9 Å². The van der Waals surface area contributed by atoms with E-state index < -0.39 is 5.97 Å². The molecule has 21 heavy (non-hydrogen) atoms. The number of benzene rings is 1. The molecule has 0 saturated heterocycles. The molecule has 1 aliphatic carbocycles. The first-order valence-electron chi connectivity index (χ1n) is 7.33. The van der Waals surface area contributed by atoms with Crippen LogP contribution in [0.2, 0.25) is 0 Å². The summed E-state index contributed by atoms with van der Waals surface area (Å²) in [5.74, 6) is -1.05. The summed E-state index contributed by atoms with van der Waals surface area (Å²) in [7, 11) is 0. The fraction of sp³-hybridized carbons (Fsp3) is 0.500. The van der Waals surface area contributed by atoms with Crippen LogP contribution in [0.25, 0.3) is 0 Å². The molecule has 0 bridgehead atoms. The quantitative estimate of drug-likeness (QED) is 0.797. The average molecular weight is 290 g/mol. The van der Waals surface area contributed by atoms with Crippen molar-refractivity contribution in [1.29, 1.82) is 0 Å². The number of nitrogens with one attached hydrogen (secondary N) is 2. The van der Waals surface area contributed by atoms with Gasteiger partial charge in [0.2, 0.25) is 0 Å². The molecule has 1 saturated carbocycles. The summed E-state index contributed by atoms with van der Waals surface area (Å²) in [6.07, 6.45) is 2.49. The molecule has 2 amide bonds. The largest absolute Gasteiger partial charge is 0.481 e. The van der Waals surface area contributed by atoms with Crippen LogP contribution in [0.1, 0.15) is 30.4 Å². The molecule has 2 atom stereocenters. The molecule has 2 rings (SSSR count). The molecule has 1 aliphatic rings. The summed E-state index contributed by atoms with van der Waals surface area (Å²) in [4.78, 5) is 23.0. The monoisotopic (exact) mass is 290 g/mol. The minimum Gasteiger partial charge on any atom is -0.481 e. The van der Waals surface area contributed by atoms with Crippen molar-refractivity contribution in [3.05, 3.63) is 29.3 Å². The number of aryl methyl sites for hydroxylation is 1. The Labute approximate surface area is 124 Å². The van der Waals surface area contributed by atoms with Crippen molar-refractivity contribution in [3.63, 3.8) is 0 Å². The number of carbonyl (C=O) groups excluding carboxylic acids is 1. The second-order valence-corrected chi connectivity index (χ2v) is 5.72. The molecule has 0 heterocycles. The first kappa shape index (κ1) is 15.4. The van der Waals surface area contributed by atoms with Gasteiger partial charge < -0.3 is 15.7 Å². The first-order chi connectivity index (χ1) is 9.99. The van der Waals surface area contributed by atoms with E-state index in [1.165, 1.54) is 0 Å². The van der Waals surface area contributed by atoms with Crippen LogP contribution in [-0.2, 0) is 4.79 Å². The number of rotatable bonds is 4. The van der Waals surface area contributed by atoms with Gasteiger partial charge in [0, 0.05) is 12.2 Å². The first-order valence-corrected chi connectivity index (χ1v) is 7.33. The summed E-state index contributed by atoms with van der Waals surface area (Å²) in [5, 5.41) is 14.7. The maximum absolute atomic E-state index is 11.9. The van der Waals surface area contributed by atoms with Gasteiger partial charge in [-0.25, -0.2) is 4.79 Å². The number of amides is 2. The second-order valence-electron chi connectivity index (χ2n) is 5.72. The number of carboxylic acids is 1. The minimum absolute atomic E-state index is 0.0341. The van der Waals surface area contributed by atoms with Crippen LogP contribution < -0.4 is 10.6 Å². The van der Waals surface area contributed by atoms with E-state index in [0.717, 1.165) is 29.7 Å². The highest BCUT2D eigenvalue weighted by atomic mass is 16.4. The molecule has 0 aliphatic heterocycles. The van der Waals surface area contributed by atoms with E-state index in [2.05, 4.69) is 10.6 Å². The predicted octanol–water partition coefficient (Wildman–Crippen LogP) is 2.93. The van der Waals surface area contributed by atoms with Gasteiger partial charge in [-0.3, -0.25) is 4.79 Å². The Bertz CT molecular complexity index is 542. The molecule has 5 heteroatoms. The van der Waals surface area contributed by atoms with Gasteiger partial charge in [0.1, 0.15) is 0 Å². The number of hydrogen-bond acceptors (Lipinski definition) is 2. The van der Waals surface area contributed by atoms with Crippen LogP contribution in [-0.4, -0.2) is 23.7 Å². The summed E-state index contributed by atoms with van der Waals surface area (Å²) < 4.78 is 0. The number of carbonyl (C=O) groups is 2. The molecule has 1 aromatic rings. The van der Waals surface area contributed by atoms with Gasteiger partial charge in [0.15, 0.2) is 0 Å². The van der Waals surface area contributed by atoms with E-state index in [0.29, 0.717) is 13.0 Å². The molecule has 5 nitrogen and oxygen atoms in total. The molecule has 0 radical (unpaired) electrons. The predicted molar refractivity (Wildman–Crippen MR) is 81.4 cm³/mol. The topological polar surface area (TPSA) is 78.4 Å². The lowest BCUT2D eigenvalue weighted by atomic mass is 9.96. The average Bonchev–Trinajstić information content (AvgIpc) is 2.90. The Kier molecular flexibility index (Phi) is 4.83. The lowest BCUT2D eigenvalue weighted by Gasteiger charge is -2.17. The Morgan fingerprint density at radius 3 is 2.76 bits per heavy atom. The number of urea groups is 1. The molecule has 114 valence electrons. The van der Waals surface area contributed by atoms with E-state index in [1.54, 1.807) is 0 Å². The van der Waals surface area contributed by atoms with Gasteiger partial charge in [-0.05, 0) is 49.8 Å². The zero-order chi connectivity index (χ0) is 15.4. The highest BCUT2D eigenvalue weighted by Gasteiger charge is 2.32. The SMILES string of the molecule is Cc1cccc(NC(=O)NCC2CCCC2C(=O)O)c1C. The highest BCUT2D eigenvalue weighted by Crippen LogP contribution is 2.31. The smallest absolute Gasteiger partial charge is 0.319 e. The highest BCUT2D eigenvalue weighted by molar-refractivity contribution is 5.90. The van der Waals surface area contributed by atoms with E-state index in [1.807, 2.05) is 32.0 Å². The van der Waals surface area contributed by atoms with Crippen molar-refractivity contribution < 1.29 is 14.7 Å². The third kappa shape index (κ3) is 3.74. The summed E-state index contributed by atoms with van der Waals surface area (Å²) in [6.45, 7) is 4.37. The third-order valence-electron chi connectivity index (χ3n) is 4.35. The maximum atomic E-state index is 11.9. The van der Waals surface area contributed by atoms with Gasteiger partial charge in [-0.15, -0.1) is 0 Å². The van der Waals surface area contributed by atoms with Crippen molar-refractivity contribution in [3.8, 4) is 0 Å². The summed E-state index contributed by atoms with van der Waals surface area (Å²) in [6, 6.07) is 5.47. The number of anilines is 1. The van der Waals surface area contributed by atoms with Gasteiger partial charge in [-0.2, -0.15) is 0 Å². The van der Waals surface area contributed by atoms with E-state index >= 15 is 0 Å². The van der Waals surface area contributed by atoms with Crippen molar-refractivity contribution in [2.24, 2.45) is 11.8 Å². The van der Waals surface area contributed by atoms with Gasteiger partial charge >= 0.3 is 12.0 Å². The number of carboxylic acid groups (broad SMARTS) is 1. The fourth-order valence-corrected chi connectivity index (χ4v) is 2.88. The summed E-state index contributed by atoms with van der Waals surface area (Å²) >= 11 is 0. The molecular formula is C16H22N2O3. The Balaban J connectivity index is 1.88. The van der Waals surface area contributed by atoms with Crippen LogP contribution in [0.5, 0.6) is 0 Å². The van der Waals surface area contributed by atoms with Gasteiger partial charge in [0.05, 0.1) is 5.92 Å². The van der Waals surface area contributed by atoms with Crippen LogP contribution in [0.15, 0.2) is 18.2 Å². The summed E-state index contributed by atoms with van der Waals surface area (Å²) in [5.41, 5.74) is 2.94. The maximum Gasteiger partial charge on any atom is 0.319 e. The Morgan fingerprint density at radius 1 is 1.29 bits per heavy atom. The van der Waals surface area contributed by atoms with Crippen molar-refractivity contribution in [2.75, 3.05) is 11.9 Å². The van der Waals surface area contributed by atoms with Crippen LogP contribution in [0, 0.1) is 25.7 Å². The van der Waals surface area contributed by atoms with Gasteiger partial charge in [-0.1, -0.05) is 18.6 Å². The van der Waals surface area contributed by atoms with E-state index in [9.17, 15) is 9.59 Å². The van der Waals surface area contributed by atoms with Gasteiger partial charge in [0.25, 0.3) is 0 Å². The third-order valence-corrected chi connectivity index (χ3v) is 4.35. The lowest BCUT2D eigenvalue weighted by molar-refractivity contribution is -0.142. The number of aliphatic carboxylic acids is 1. The normalized spacial score (nSPS) is 21.0. The molecule has 0 spiro atoms. The minimum atomic E-state index is -0.755. The van der Waals surface area contributed by atoms with Crippen molar-refractivity contribution in [1.82, 2.24) is 5.32 Å². The zero-order valence-corrected chi connectivity index (χ0v) is 12.5. The Hall–Kier alpha value is -2.04. The molecule has 2 unspecified atom stereocenters. The van der Waals surface area contributed by atoms with Crippen LogP contribution >= 0.6 is 0 Å².